The molecule has 0 atom stereocenters. The highest BCUT2D eigenvalue weighted by molar-refractivity contribution is 5.26. The molecule has 1 aromatic rings. The van der Waals surface area contributed by atoms with E-state index >= 15 is 0 Å². The number of nitrogens with zero attached hydrogens (tertiary/aromatic N) is 3. The summed E-state index contributed by atoms with van der Waals surface area (Å²) in [5.74, 6) is 0.988. The van der Waals surface area contributed by atoms with Gasteiger partial charge in [0, 0.05) is 31.0 Å². The number of rotatable bonds is 8. The predicted octanol–water partition coefficient (Wildman–Crippen LogP) is 2.82. The topological polar surface area (TPSA) is 33.1 Å². The summed E-state index contributed by atoms with van der Waals surface area (Å²) in [6.07, 6.45) is 6.34. The summed E-state index contributed by atoms with van der Waals surface area (Å²) in [5, 5.41) is 3.36. The molecular formula is C14H28N4. The van der Waals surface area contributed by atoms with E-state index in [-0.39, 0.29) is 0 Å². The highest BCUT2D eigenvalue weighted by Gasteiger charge is 2.05. The summed E-state index contributed by atoms with van der Waals surface area (Å²) < 4.78 is 2.20. The second-order valence-electron chi connectivity index (χ2n) is 5.52. The van der Waals surface area contributed by atoms with Gasteiger partial charge in [-0.05, 0) is 54.1 Å². The first-order chi connectivity index (χ1) is 8.50. The van der Waals surface area contributed by atoms with Gasteiger partial charge in [0.2, 0.25) is 5.95 Å². The van der Waals surface area contributed by atoms with Crippen molar-refractivity contribution in [1.29, 1.82) is 0 Å². The maximum atomic E-state index is 4.34. The van der Waals surface area contributed by atoms with Crippen molar-refractivity contribution in [3.8, 4) is 0 Å². The summed E-state index contributed by atoms with van der Waals surface area (Å²) in [6.45, 7) is 11.0. The van der Waals surface area contributed by atoms with Gasteiger partial charge >= 0.3 is 0 Å². The number of unbranched alkanes of at least 4 members (excludes halogenated alkanes) is 1. The second kappa shape index (κ2) is 7.41. The molecule has 0 saturated heterocycles. The lowest BCUT2D eigenvalue weighted by molar-refractivity contribution is 0.266. The van der Waals surface area contributed by atoms with Gasteiger partial charge in [-0.15, -0.1) is 0 Å². The third-order valence-corrected chi connectivity index (χ3v) is 3.17. The van der Waals surface area contributed by atoms with Crippen molar-refractivity contribution in [2.45, 2.75) is 59.2 Å². The van der Waals surface area contributed by atoms with Gasteiger partial charge in [0.15, 0.2) is 0 Å². The van der Waals surface area contributed by atoms with E-state index in [1.165, 1.54) is 19.4 Å². The molecule has 0 aromatic carbocycles. The van der Waals surface area contributed by atoms with Gasteiger partial charge in [0.25, 0.3) is 0 Å². The van der Waals surface area contributed by atoms with Crippen LogP contribution in [0.4, 0.5) is 5.95 Å². The average Bonchev–Trinajstić information content (AvgIpc) is 2.70. The lowest BCUT2D eigenvalue weighted by Gasteiger charge is -2.20. The zero-order valence-electron chi connectivity index (χ0n) is 12.5. The number of nitrogens with one attached hydrogen (secondary N) is 1. The number of aromatic nitrogens is 2. The number of aryl methyl sites for hydroxylation is 1. The first-order valence-corrected chi connectivity index (χ1v) is 6.98. The monoisotopic (exact) mass is 252 g/mol. The molecule has 0 aliphatic rings. The Morgan fingerprint density at radius 1 is 1.28 bits per heavy atom. The molecule has 104 valence electrons. The summed E-state index contributed by atoms with van der Waals surface area (Å²) >= 11 is 0. The average molecular weight is 252 g/mol. The molecule has 0 unspecified atom stereocenters. The van der Waals surface area contributed by atoms with E-state index in [2.05, 4.69) is 60.7 Å². The van der Waals surface area contributed by atoms with Crippen molar-refractivity contribution in [2.24, 2.45) is 0 Å². The van der Waals surface area contributed by atoms with E-state index in [1.807, 2.05) is 6.20 Å². The van der Waals surface area contributed by atoms with Crippen LogP contribution in [0, 0.1) is 0 Å². The second-order valence-corrected chi connectivity index (χ2v) is 5.52. The third kappa shape index (κ3) is 5.08. The zero-order valence-corrected chi connectivity index (χ0v) is 12.5. The van der Waals surface area contributed by atoms with Crippen molar-refractivity contribution < 1.29 is 0 Å². The van der Waals surface area contributed by atoms with E-state index in [0.29, 0.717) is 12.1 Å². The Labute approximate surface area is 111 Å². The van der Waals surface area contributed by atoms with E-state index in [0.717, 1.165) is 12.5 Å². The highest BCUT2D eigenvalue weighted by atomic mass is 15.2. The predicted molar refractivity (Wildman–Crippen MR) is 78.0 cm³/mol. The smallest absolute Gasteiger partial charge is 0.202 e. The van der Waals surface area contributed by atoms with E-state index < -0.39 is 0 Å². The minimum absolute atomic E-state index is 0.429. The van der Waals surface area contributed by atoms with Crippen LogP contribution in [0.15, 0.2) is 12.4 Å². The zero-order chi connectivity index (χ0) is 13.5. The Kier molecular flexibility index (Phi) is 6.19. The largest absolute Gasteiger partial charge is 0.353 e. The first kappa shape index (κ1) is 15.0. The fraction of sp³-hybridized carbons (Fsp3) is 0.786. The molecule has 0 aliphatic heterocycles. The molecule has 4 heteroatoms. The molecule has 1 N–H and O–H groups in total. The molecule has 0 radical (unpaired) electrons. The number of hydrogen-bond acceptors (Lipinski definition) is 3. The standard InChI is InChI=1S/C14H28N4/c1-12(2)16-14-15-8-11-18(14)10-7-6-9-17(5)13(3)4/h8,11-13H,6-7,9-10H2,1-5H3,(H,15,16). The molecule has 1 aromatic heterocycles. The minimum atomic E-state index is 0.429. The Morgan fingerprint density at radius 3 is 2.61 bits per heavy atom. The molecule has 0 aliphatic carbocycles. The summed E-state index contributed by atoms with van der Waals surface area (Å²) in [7, 11) is 2.19. The Balaban J connectivity index is 2.29. The normalized spacial score (nSPS) is 11.8. The SMILES string of the molecule is CC(C)Nc1nccn1CCCCN(C)C(C)C. The van der Waals surface area contributed by atoms with E-state index in [1.54, 1.807) is 0 Å². The molecule has 0 bridgehead atoms. The van der Waals surface area contributed by atoms with Gasteiger partial charge in [0.05, 0.1) is 0 Å². The van der Waals surface area contributed by atoms with Crippen LogP contribution in [-0.2, 0) is 6.54 Å². The molecule has 1 rings (SSSR count). The summed E-state index contributed by atoms with van der Waals surface area (Å²) in [5.41, 5.74) is 0. The quantitative estimate of drug-likeness (QED) is 0.722. The van der Waals surface area contributed by atoms with Gasteiger partial charge in [-0.1, -0.05) is 0 Å². The maximum Gasteiger partial charge on any atom is 0.202 e. The van der Waals surface area contributed by atoms with Crippen molar-refractivity contribution in [2.75, 3.05) is 18.9 Å². The van der Waals surface area contributed by atoms with Crippen LogP contribution < -0.4 is 5.32 Å². The van der Waals surface area contributed by atoms with Crippen molar-refractivity contribution >= 4 is 5.95 Å². The van der Waals surface area contributed by atoms with Crippen LogP contribution in [0.1, 0.15) is 40.5 Å². The Hall–Kier alpha value is -1.03. The molecule has 0 saturated carbocycles. The molecular weight excluding hydrogens is 224 g/mol. The maximum absolute atomic E-state index is 4.34. The number of anilines is 1. The number of hydrogen-bond donors (Lipinski definition) is 1. The lowest BCUT2D eigenvalue weighted by Crippen LogP contribution is -2.27. The Bertz CT molecular complexity index is 330. The molecule has 18 heavy (non-hydrogen) atoms. The Morgan fingerprint density at radius 2 is 2.00 bits per heavy atom. The molecule has 0 fully saturated rings. The van der Waals surface area contributed by atoms with E-state index in [4.69, 9.17) is 0 Å². The molecule has 4 nitrogen and oxygen atoms in total. The van der Waals surface area contributed by atoms with Crippen molar-refractivity contribution in [3.63, 3.8) is 0 Å². The van der Waals surface area contributed by atoms with Gasteiger partial charge in [-0.3, -0.25) is 0 Å². The third-order valence-electron chi connectivity index (χ3n) is 3.17. The fourth-order valence-corrected chi connectivity index (χ4v) is 1.79. The van der Waals surface area contributed by atoms with Crippen LogP contribution in [0.5, 0.6) is 0 Å². The van der Waals surface area contributed by atoms with Gasteiger partial charge in [0.1, 0.15) is 0 Å². The van der Waals surface area contributed by atoms with Crippen LogP contribution in [0.2, 0.25) is 0 Å². The van der Waals surface area contributed by atoms with Gasteiger partial charge in [-0.25, -0.2) is 4.98 Å². The van der Waals surface area contributed by atoms with Crippen LogP contribution in [-0.4, -0.2) is 40.1 Å². The van der Waals surface area contributed by atoms with Crippen LogP contribution in [0.25, 0.3) is 0 Å². The molecule has 1 heterocycles. The van der Waals surface area contributed by atoms with Crippen LogP contribution >= 0.6 is 0 Å². The van der Waals surface area contributed by atoms with E-state index in [9.17, 15) is 0 Å². The summed E-state index contributed by atoms with van der Waals surface area (Å²) in [4.78, 5) is 6.73. The highest BCUT2D eigenvalue weighted by Crippen LogP contribution is 2.08. The molecule has 0 spiro atoms. The minimum Gasteiger partial charge on any atom is -0.353 e. The number of imidazole rings is 1. The van der Waals surface area contributed by atoms with Crippen molar-refractivity contribution in [3.05, 3.63) is 12.4 Å². The molecule has 0 amide bonds. The first-order valence-electron chi connectivity index (χ1n) is 6.98. The van der Waals surface area contributed by atoms with Crippen LogP contribution in [0.3, 0.4) is 0 Å². The van der Waals surface area contributed by atoms with Gasteiger partial charge < -0.3 is 14.8 Å². The van der Waals surface area contributed by atoms with Gasteiger partial charge in [-0.2, -0.15) is 0 Å². The summed E-state index contributed by atoms with van der Waals surface area (Å²) in [6, 6.07) is 1.06. The van der Waals surface area contributed by atoms with Crippen molar-refractivity contribution in [1.82, 2.24) is 14.5 Å². The fourth-order valence-electron chi connectivity index (χ4n) is 1.79. The lowest BCUT2D eigenvalue weighted by atomic mass is 10.2.